The highest BCUT2D eigenvalue weighted by Gasteiger charge is 2.40. The maximum absolute atomic E-state index is 11.4. The first-order valence-electron chi connectivity index (χ1n) is 5.96. The van der Waals surface area contributed by atoms with E-state index in [1.807, 2.05) is 13.8 Å². The molecular formula is C14H22O3. The van der Waals surface area contributed by atoms with Crippen LogP contribution in [-0.4, -0.2) is 18.2 Å². The lowest BCUT2D eigenvalue weighted by molar-refractivity contribution is -0.145. The van der Waals surface area contributed by atoms with Crippen LogP contribution in [0.15, 0.2) is 22.5 Å². The van der Waals surface area contributed by atoms with Crippen LogP contribution < -0.4 is 0 Å². The van der Waals surface area contributed by atoms with Gasteiger partial charge in [-0.25, -0.2) is 4.79 Å². The maximum Gasteiger partial charge on any atom is 0.338 e. The number of cyclic esters (lactones) is 1. The second-order valence-corrected chi connectivity index (χ2v) is 5.23. The molecule has 0 aromatic rings. The molecule has 1 aliphatic rings. The Morgan fingerprint density at radius 2 is 1.88 bits per heavy atom. The van der Waals surface area contributed by atoms with E-state index in [0.29, 0.717) is 17.9 Å². The molecule has 0 spiro atoms. The molecule has 0 fully saturated rings. The summed E-state index contributed by atoms with van der Waals surface area (Å²) in [6.45, 7) is 12.3. The Hall–Kier alpha value is -1.25. The van der Waals surface area contributed by atoms with E-state index < -0.39 is 5.60 Å². The number of carbonyl (C=O) groups excluding carboxylic acids is 1. The van der Waals surface area contributed by atoms with E-state index in [2.05, 4.69) is 20.8 Å². The lowest BCUT2D eigenvalue weighted by Gasteiger charge is -2.21. The van der Waals surface area contributed by atoms with Crippen LogP contribution in [0.1, 0.15) is 48.0 Å². The van der Waals surface area contributed by atoms with E-state index in [1.54, 1.807) is 6.92 Å². The minimum atomic E-state index is -0.625. The standard InChI is InChI=1S/C14H22O3/c1-9(2)10(3)7-8-16-12-11(4)13(15)17-14(12,5)6/h7-8H2,1-6H3. The highest BCUT2D eigenvalue weighted by atomic mass is 16.6. The maximum atomic E-state index is 11.4. The first-order chi connectivity index (χ1) is 7.75. The zero-order valence-electron chi connectivity index (χ0n) is 11.6. The molecular weight excluding hydrogens is 216 g/mol. The summed E-state index contributed by atoms with van der Waals surface area (Å²) in [6, 6.07) is 0. The molecule has 0 saturated heterocycles. The third kappa shape index (κ3) is 3.11. The number of allylic oxidation sites excluding steroid dienone is 1. The van der Waals surface area contributed by atoms with Gasteiger partial charge >= 0.3 is 5.97 Å². The average Bonchev–Trinajstić information content (AvgIpc) is 2.39. The van der Waals surface area contributed by atoms with Crippen LogP contribution in [0.5, 0.6) is 0 Å². The van der Waals surface area contributed by atoms with Crippen LogP contribution >= 0.6 is 0 Å². The largest absolute Gasteiger partial charge is 0.493 e. The Morgan fingerprint density at radius 1 is 1.29 bits per heavy atom. The number of hydrogen-bond acceptors (Lipinski definition) is 3. The van der Waals surface area contributed by atoms with Gasteiger partial charge in [-0.2, -0.15) is 0 Å². The Balaban J connectivity index is 2.64. The first kappa shape index (κ1) is 13.8. The molecule has 0 amide bonds. The molecule has 0 saturated carbocycles. The van der Waals surface area contributed by atoms with Gasteiger partial charge in [-0.05, 0) is 41.5 Å². The smallest absolute Gasteiger partial charge is 0.338 e. The number of carbonyl (C=O) groups is 1. The Bertz CT molecular complexity index is 382. The van der Waals surface area contributed by atoms with Crippen LogP contribution in [0.3, 0.4) is 0 Å². The quantitative estimate of drug-likeness (QED) is 0.556. The van der Waals surface area contributed by atoms with E-state index in [-0.39, 0.29) is 5.97 Å². The summed E-state index contributed by atoms with van der Waals surface area (Å²) in [7, 11) is 0. The zero-order valence-corrected chi connectivity index (χ0v) is 11.6. The van der Waals surface area contributed by atoms with Crippen molar-refractivity contribution < 1.29 is 14.3 Å². The summed E-state index contributed by atoms with van der Waals surface area (Å²) in [5.74, 6) is 0.396. The lowest BCUT2D eigenvalue weighted by Crippen LogP contribution is -2.24. The van der Waals surface area contributed by atoms with Crippen molar-refractivity contribution in [3.8, 4) is 0 Å². The van der Waals surface area contributed by atoms with E-state index in [1.165, 1.54) is 11.1 Å². The average molecular weight is 238 g/mol. The Kier molecular flexibility index (Phi) is 4.02. The van der Waals surface area contributed by atoms with Crippen molar-refractivity contribution in [1.82, 2.24) is 0 Å². The van der Waals surface area contributed by atoms with Gasteiger partial charge in [0.15, 0.2) is 5.60 Å². The molecule has 0 aromatic carbocycles. The van der Waals surface area contributed by atoms with Gasteiger partial charge in [0.25, 0.3) is 0 Å². The van der Waals surface area contributed by atoms with E-state index in [9.17, 15) is 4.79 Å². The number of esters is 1. The zero-order chi connectivity index (χ0) is 13.2. The van der Waals surface area contributed by atoms with Gasteiger partial charge < -0.3 is 9.47 Å². The van der Waals surface area contributed by atoms with Gasteiger partial charge in [0.05, 0.1) is 12.2 Å². The molecule has 17 heavy (non-hydrogen) atoms. The number of hydrogen-bond donors (Lipinski definition) is 0. The van der Waals surface area contributed by atoms with Crippen molar-refractivity contribution >= 4 is 5.97 Å². The van der Waals surface area contributed by atoms with Crippen LogP contribution in [-0.2, 0) is 14.3 Å². The van der Waals surface area contributed by atoms with Gasteiger partial charge in [0.2, 0.25) is 0 Å². The minimum Gasteiger partial charge on any atom is -0.493 e. The minimum absolute atomic E-state index is 0.274. The molecule has 96 valence electrons. The van der Waals surface area contributed by atoms with Gasteiger partial charge in [-0.3, -0.25) is 0 Å². The summed E-state index contributed by atoms with van der Waals surface area (Å²) >= 11 is 0. The highest BCUT2D eigenvalue weighted by molar-refractivity contribution is 5.91. The van der Waals surface area contributed by atoms with Crippen LogP contribution in [0, 0.1) is 0 Å². The second kappa shape index (κ2) is 4.94. The van der Waals surface area contributed by atoms with E-state index >= 15 is 0 Å². The third-order valence-electron chi connectivity index (χ3n) is 3.12. The fourth-order valence-corrected chi connectivity index (χ4v) is 1.74. The summed E-state index contributed by atoms with van der Waals surface area (Å²) in [5, 5.41) is 0. The van der Waals surface area contributed by atoms with Crippen molar-refractivity contribution in [1.29, 1.82) is 0 Å². The SMILES string of the molecule is CC(C)=C(C)CCOC1=C(C)C(=O)OC1(C)C. The molecule has 0 N–H and O–H groups in total. The Labute approximate surface area is 103 Å². The summed E-state index contributed by atoms with van der Waals surface area (Å²) in [5.41, 5.74) is 2.61. The number of rotatable bonds is 4. The Morgan fingerprint density at radius 3 is 2.29 bits per heavy atom. The van der Waals surface area contributed by atoms with Crippen LogP contribution in [0.2, 0.25) is 0 Å². The van der Waals surface area contributed by atoms with Gasteiger partial charge in [0, 0.05) is 6.42 Å². The molecule has 3 nitrogen and oxygen atoms in total. The van der Waals surface area contributed by atoms with Crippen molar-refractivity contribution in [2.45, 2.75) is 53.6 Å². The predicted molar refractivity (Wildman–Crippen MR) is 67.5 cm³/mol. The van der Waals surface area contributed by atoms with Crippen LogP contribution in [0.4, 0.5) is 0 Å². The van der Waals surface area contributed by atoms with Crippen molar-refractivity contribution in [2.24, 2.45) is 0 Å². The normalized spacial score (nSPS) is 18.1. The first-order valence-corrected chi connectivity index (χ1v) is 5.96. The number of ether oxygens (including phenoxy) is 2. The molecule has 0 atom stereocenters. The second-order valence-electron chi connectivity index (χ2n) is 5.23. The lowest BCUT2D eigenvalue weighted by atomic mass is 10.1. The monoisotopic (exact) mass is 238 g/mol. The van der Waals surface area contributed by atoms with E-state index in [4.69, 9.17) is 9.47 Å². The topological polar surface area (TPSA) is 35.5 Å². The predicted octanol–water partition coefficient (Wildman–Crippen LogP) is 3.36. The molecule has 1 rings (SSSR count). The van der Waals surface area contributed by atoms with Gasteiger partial charge in [0.1, 0.15) is 5.76 Å². The fourth-order valence-electron chi connectivity index (χ4n) is 1.74. The summed E-state index contributed by atoms with van der Waals surface area (Å²) in [4.78, 5) is 11.4. The molecule has 1 aliphatic heterocycles. The molecule has 0 bridgehead atoms. The van der Waals surface area contributed by atoms with Gasteiger partial charge in [-0.15, -0.1) is 0 Å². The van der Waals surface area contributed by atoms with Crippen molar-refractivity contribution in [2.75, 3.05) is 6.61 Å². The summed E-state index contributed by atoms with van der Waals surface area (Å²) < 4.78 is 10.9. The van der Waals surface area contributed by atoms with Crippen LogP contribution in [0.25, 0.3) is 0 Å². The summed E-state index contributed by atoms with van der Waals surface area (Å²) in [6.07, 6.45) is 0.878. The molecule has 0 aromatic heterocycles. The van der Waals surface area contributed by atoms with E-state index in [0.717, 1.165) is 6.42 Å². The highest BCUT2D eigenvalue weighted by Crippen LogP contribution is 2.33. The van der Waals surface area contributed by atoms with Crippen molar-refractivity contribution in [3.63, 3.8) is 0 Å². The third-order valence-corrected chi connectivity index (χ3v) is 3.12. The molecule has 1 heterocycles. The molecule has 0 radical (unpaired) electrons. The molecule has 3 heteroatoms. The van der Waals surface area contributed by atoms with Gasteiger partial charge in [-0.1, -0.05) is 11.1 Å². The van der Waals surface area contributed by atoms with Crippen molar-refractivity contribution in [3.05, 3.63) is 22.5 Å². The molecule has 0 aliphatic carbocycles. The fraction of sp³-hybridized carbons (Fsp3) is 0.643. The molecule has 0 unspecified atom stereocenters.